The summed E-state index contributed by atoms with van der Waals surface area (Å²) in [7, 11) is 1.71. The second-order valence-electron chi connectivity index (χ2n) is 8.79. The number of amides is 3. The van der Waals surface area contributed by atoms with Crippen molar-refractivity contribution < 1.29 is 19.1 Å². The molecule has 0 spiro atoms. The molecule has 10 heteroatoms. The van der Waals surface area contributed by atoms with Gasteiger partial charge >= 0.3 is 6.03 Å². The lowest BCUT2D eigenvalue weighted by Crippen LogP contribution is -2.45. The van der Waals surface area contributed by atoms with Gasteiger partial charge in [-0.25, -0.2) is 9.18 Å². The molecule has 0 aliphatic carbocycles. The molecule has 174 valence electrons. The van der Waals surface area contributed by atoms with Crippen LogP contribution in [-0.2, 0) is 19.5 Å². The molecule has 33 heavy (non-hydrogen) atoms. The SMILES string of the molecule is CC[C@@H](O)C1CN(C)C(=O)c2c3c(nn2C1)C[C@@H](C)N(C(=O)Nc1ccc(F)c(C#N)c1)C3. The maximum atomic E-state index is 13.6. The van der Waals surface area contributed by atoms with Crippen molar-refractivity contribution in [3.8, 4) is 6.07 Å². The summed E-state index contributed by atoms with van der Waals surface area (Å²) in [6, 6.07) is 5.00. The summed E-state index contributed by atoms with van der Waals surface area (Å²) in [4.78, 5) is 29.4. The molecule has 2 N–H and O–H groups in total. The number of rotatable bonds is 3. The molecule has 2 aromatic rings. The van der Waals surface area contributed by atoms with Crippen LogP contribution in [0.3, 0.4) is 0 Å². The number of aromatic nitrogens is 2. The van der Waals surface area contributed by atoms with E-state index >= 15 is 0 Å². The van der Waals surface area contributed by atoms with E-state index in [9.17, 15) is 19.1 Å². The molecule has 1 aromatic carbocycles. The quantitative estimate of drug-likeness (QED) is 0.739. The van der Waals surface area contributed by atoms with Crippen LogP contribution in [0.15, 0.2) is 18.2 Å². The van der Waals surface area contributed by atoms with Crippen molar-refractivity contribution in [2.45, 2.75) is 51.9 Å². The molecule has 3 atom stereocenters. The Bertz CT molecular complexity index is 1140. The topological polar surface area (TPSA) is 114 Å². The fourth-order valence-electron chi connectivity index (χ4n) is 4.59. The van der Waals surface area contributed by atoms with Crippen LogP contribution in [0.4, 0.5) is 14.9 Å². The third kappa shape index (κ3) is 4.16. The summed E-state index contributed by atoms with van der Waals surface area (Å²) < 4.78 is 15.3. The van der Waals surface area contributed by atoms with Crippen LogP contribution in [0.25, 0.3) is 0 Å². The number of nitrogens with one attached hydrogen (secondary N) is 1. The Morgan fingerprint density at radius 2 is 2.18 bits per heavy atom. The molecule has 0 radical (unpaired) electrons. The molecule has 0 bridgehead atoms. The Morgan fingerprint density at radius 1 is 1.42 bits per heavy atom. The van der Waals surface area contributed by atoms with Crippen molar-refractivity contribution >= 4 is 17.6 Å². The zero-order valence-corrected chi connectivity index (χ0v) is 18.9. The van der Waals surface area contributed by atoms with E-state index in [1.54, 1.807) is 27.6 Å². The largest absolute Gasteiger partial charge is 0.393 e. The number of urea groups is 1. The van der Waals surface area contributed by atoms with Crippen LogP contribution in [-0.4, -0.2) is 62.4 Å². The third-order valence-electron chi connectivity index (χ3n) is 6.51. The molecular weight excluding hydrogens is 427 g/mol. The van der Waals surface area contributed by atoms with E-state index in [1.165, 1.54) is 12.1 Å². The number of aliphatic hydroxyl groups is 1. The molecule has 0 saturated heterocycles. The highest BCUT2D eigenvalue weighted by molar-refractivity contribution is 5.95. The van der Waals surface area contributed by atoms with Crippen LogP contribution in [0.2, 0.25) is 0 Å². The van der Waals surface area contributed by atoms with Gasteiger partial charge in [0.1, 0.15) is 17.6 Å². The molecular formula is C23H27FN6O3. The molecule has 3 heterocycles. The average molecular weight is 455 g/mol. The summed E-state index contributed by atoms with van der Waals surface area (Å²) in [6.07, 6.45) is 0.529. The summed E-state index contributed by atoms with van der Waals surface area (Å²) >= 11 is 0. The zero-order chi connectivity index (χ0) is 23.9. The lowest BCUT2D eigenvalue weighted by molar-refractivity contribution is 0.0625. The second-order valence-corrected chi connectivity index (χ2v) is 8.79. The number of hydrogen-bond donors (Lipinski definition) is 2. The highest BCUT2D eigenvalue weighted by atomic mass is 19.1. The van der Waals surface area contributed by atoms with Crippen LogP contribution >= 0.6 is 0 Å². The standard InChI is InChI=1S/C23H27FN6O3/c1-4-20(31)15-10-28(3)22(32)21-17-12-29(13(2)7-19(17)27-30(21)11-15)23(33)26-16-5-6-18(24)14(8-16)9-25/h5-6,8,13,15,20,31H,4,7,10-12H2,1-3H3,(H,26,33)/t13-,15?,20-/m1/s1. The van der Waals surface area contributed by atoms with Gasteiger partial charge in [0.15, 0.2) is 0 Å². The Morgan fingerprint density at radius 3 is 2.88 bits per heavy atom. The minimum absolute atomic E-state index is 0.129. The summed E-state index contributed by atoms with van der Waals surface area (Å²) in [6.45, 7) is 4.87. The minimum Gasteiger partial charge on any atom is -0.393 e. The maximum Gasteiger partial charge on any atom is 0.322 e. The summed E-state index contributed by atoms with van der Waals surface area (Å²) in [5, 5.41) is 26.8. The van der Waals surface area contributed by atoms with Crippen molar-refractivity contribution in [3.63, 3.8) is 0 Å². The molecule has 0 fully saturated rings. The van der Waals surface area contributed by atoms with Crippen molar-refractivity contribution in [3.05, 3.63) is 46.5 Å². The van der Waals surface area contributed by atoms with Crippen LogP contribution < -0.4 is 5.32 Å². The summed E-state index contributed by atoms with van der Waals surface area (Å²) in [5.74, 6) is -0.957. The van der Waals surface area contributed by atoms with E-state index in [-0.39, 0.29) is 30.0 Å². The Balaban J connectivity index is 1.61. The van der Waals surface area contributed by atoms with Gasteiger partial charge in [-0.3, -0.25) is 9.48 Å². The normalized spacial score (nSPS) is 21.0. The zero-order valence-electron chi connectivity index (χ0n) is 18.9. The first-order valence-electron chi connectivity index (χ1n) is 11.0. The maximum absolute atomic E-state index is 13.6. The highest BCUT2D eigenvalue weighted by Gasteiger charge is 2.38. The van der Waals surface area contributed by atoms with Gasteiger partial charge in [0.2, 0.25) is 0 Å². The number of anilines is 1. The molecule has 2 aliphatic heterocycles. The first-order valence-corrected chi connectivity index (χ1v) is 11.0. The van der Waals surface area contributed by atoms with E-state index in [4.69, 9.17) is 5.26 Å². The lowest BCUT2D eigenvalue weighted by atomic mass is 9.99. The number of benzene rings is 1. The molecule has 1 aromatic heterocycles. The first kappa shape index (κ1) is 22.7. The number of fused-ring (bicyclic) bond motifs is 3. The van der Waals surface area contributed by atoms with Crippen molar-refractivity contribution in [2.75, 3.05) is 18.9 Å². The van der Waals surface area contributed by atoms with Crippen molar-refractivity contribution in [1.82, 2.24) is 19.6 Å². The van der Waals surface area contributed by atoms with Crippen LogP contribution in [0.5, 0.6) is 0 Å². The lowest BCUT2D eigenvalue weighted by Gasteiger charge is -2.33. The smallest absolute Gasteiger partial charge is 0.322 e. The number of nitrogens with zero attached hydrogens (tertiary/aromatic N) is 5. The van der Waals surface area contributed by atoms with E-state index in [0.29, 0.717) is 42.9 Å². The van der Waals surface area contributed by atoms with Gasteiger partial charge in [0.25, 0.3) is 5.91 Å². The number of carbonyl (C=O) groups is 2. The predicted octanol–water partition coefficient (Wildman–Crippen LogP) is 2.35. The van der Waals surface area contributed by atoms with E-state index in [1.807, 2.05) is 13.8 Å². The predicted molar refractivity (Wildman–Crippen MR) is 118 cm³/mol. The Kier molecular flexibility index (Phi) is 6.08. The second kappa shape index (κ2) is 8.83. The van der Waals surface area contributed by atoms with Gasteiger partial charge in [-0.1, -0.05) is 6.92 Å². The third-order valence-corrected chi connectivity index (χ3v) is 6.51. The Labute approximate surface area is 191 Å². The van der Waals surface area contributed by atoms with Gasteiger partial charge < -0.3 is 20.2 Å². The van der Waals surface area contributed by atoms with Gasteiger partial charge in [-0.2, -0.15) is 10.4 Å². The molecule has 3 amide bonds. The average Bonchev–Trinajstić information content (AvgIpc) is 3.08. The summed E-state index contributed by atoms with van der Waals surface area (Å²) in [5.41, 5.74) is 2.11. The van der Waals surface area contributed by atoms with Crippen LogP contribution in [0.1, 0.15) is 47.6 Å². The number of hydrogen-bond acceptors (Lipinski definition) is 5. The number of halogens is 1. The van der Waals surface area contributed by atoms with Gasteiger partial charge in [-0.15, -0.1) is 0 Å². The molecule has 9 nitrogen and oxygen atoms in total. The fourth-order valence-corrected chi connectivity index (χ4v) is 4.59. The van der Waals surface area contributed by atoms with E-state index in [2.05, 4.69) is 10.4 Å². The van der Waals surface area contributed by atoms with Gasteiger partial charge in [0, 0.05) is 49.8 Å². The van der Waals surface area contributed by atoms with E-state index in [0.717, 1.165) is 11.8 Å². The fraction of sp³-hybridized carbons (Fsp3) is 0.478. The number of nitriles is 1. The first-order chi connectivity index (χ1) is 15.7. The molecule has 4 rings (SSSR count). The van der Waals surface area contributed by atoms with Crippen molar-refractivity contribution in [1.29, 1.82) is 5.26 Å². The monoisotopic (exact) mass is 454 g/mol. The van der Waals surface area contributed by atoms with Gasteiger partial charge in [-0.05, 0) is 31.5 Å². The number of carbonyl (C=O) groups excluding carboxylic acids is 2. The minimum atomic E-state index is -0.650. The molecule has 2 aliphatic rings. The van der Waals surface area contributed by atoms with Gasteiger partial charge in [0.05, 0.1) is 23.9 Å². The highest BCUT2D eigenvalue weighted by Crippen LogP contribution is 2.30. The number of aliphatic hydroxyl groups excluding tert-OH is 1. The van der Waals surface area contributed by atoms with E-state index < -0.39 is 18.0 Å². The Hall–Kier alpha value is -3.45. The van der Waals surface area contributed by atoms with Crippen LogP contribution in [0, 0.1) is 23.1 Å². The molecule has 1 unspecified atom stereocenters. The van der Waals surface area contributed by atoms with Crippen molar-refractivity contribution in [2.24, 2.45) is 5.92 Å². The molecule has 0 saturated carbocycles.